The van der Waals surface area contributed by atoms with Gasteiger partial charge in [0, 0.05) is 26.2 Å². The Labute approximate surface area is 785 Å². The molecule has 1 saturated heterocycles. The van der Waals surface area contributed by atoms with Crippen molar-refractivity contribution in [1.82, 2.24) is 30.2 Å². The first kappa shape index (κ1) is 121. The van der Waals surface area contributed by atoms with Crippen molar-refractivity contribution < 1.29 is 52.5 Å². The van der Waals surface area contributed by atoms with E-state index in [2.05, 4.69) is 80.7 Å². The second kappa shape index (κ2) is 79.5. The van der Waals surface area contributed by atoms with Crippen molar-refractivity contribution in [3.05, 3.63) is 0 Å². The molecule has 0 aliphatic carbocycles. The van der Waals surface area contributed by atoms with Crippen molar-refractivity contribution >= 4 is 41.6 Å². The third-order valence-electron chi connectivity index (χ3n) is 28.1. The molecule has 17 nitrogen and oxygen atoms in total. The Hall–Kier alpha value is -3.83. The van der Waals surface area contributed by atoms with Gasteiger partial charge in [-0.25, -0.2) is 0 Å². The van der Waals surface area contributed by atoms with Crippen molar-refractivity contribution in [2.75, 3.05) is 112 Å². The SMILES string of the molecule is CCCCCC(CCCCC)CCCOC(=O)C(C)(C)CCCCCCN(CCCCCCC(C)(C)C(=O)OCCCC(CCCCC)CCCCC)CCNC(=O)CN(CC(=O)NCCN(CCCCCCC(C)(C)C(=O)OCCCC(CCCCC)CCCCC)CCCCCCC(C)(C)C(=O)OCCCC(CCCCC)CCCCC)C(=O)CN1CCCC1. The van der Waals surface area contributed by atoms with E-state index in [0.717, 1.165) is 256 Å². The number of carbonyl (C=O) groups is 7. The summed E-state index contributed by atoms with van der Waals surface area (Å²) in [6.45, 7) is 43.5. The minimum atomic E-state index is -0.537. The second-order valence-electron chi connectivity index (χ2n) is 42.4. The van der Waals surface area contributed by atoms with E-state index in [1.165, 1.54) is 210 Å². The van der Waals surface area contributed by atoms with Gasteiger partial charge in [-0.1, -0.05) is 338 Å². The maximum atomic E-state index is 14.2. The summed E-state index contributed by atoms with van der Waals surface area (Å²) in [7, 11) is 0. The van der Waals surface area contributed by atoms with E-state index in [4.69, 9.17) is 18.9 Å². The van der Waals surface area contributed by atoms with Crippen LogP contribution in [0.4, 0.5) is 0 Å². The van der Waals surface area contributed by atoms with Crippen LogP contribution >= 0.6 is 0 Å². The molecule has 17 heteroatoms. The van der Waals surface area contributed by atoms with Crippen LogP contribution in [0.2, 0.25) is 0 Å². The molecule has 0 aromatic carbocycles. The molecule has 0 atom stereocenters. The monoisotopic (exact) mass is 1790 g/mol. The van der Waals surface area contributed by atoms with Gasteiger partial charge in [-0.05, 0) is 234 Å². The summed E-state index contributed by atoms with van der Waals surface area (Å²) < 4.78 is 23.8. The maximum Gasteiger partial charge on any atom is 0.311 e. The van der Waals surface area contributed by atoms with E-state index in [-0.39, 0.29) is 61.2 Å². The molecule has 0 radical (unpaired) electrons. The van der Waals surface area contributed by atoms with Crippen molar-refractivity contribution in [2.45, 2.75) is 509 Å². The van der Waals surface area contributed by atoms with Crippen LogP contribution < -0.4 is 10.6 Å². The fourth-order valence-electron chi connectivity index (χ4n) is 18.9. The Morgan fingerprint density at radius 1 is 0.276 bits per heavy atom. The molecule has 3 amide bonds. The van der Waals surface area contributed by atoms with Crippen LogP contribution in [0, 0.1) is 45.3 Å². The van der Waals surface area contributed by atoms with Crippen molar-refractivity contribution in [1.29, 1.82) is 0 Å². The second-order valence-corrected chi connectivity index (χ2v) is 42.4. The number of nitrogens with one attached hydrogen (secondary N) is 2. The number of rotatable bonds is 92. The van der Waals surface area contributed by atoms with Gasteiger partial charge in [0.15, 0.2) is 0 Å². The molecule has 1 heterocycles. The fraction of sp³-hybridized carbons (Fsp3) is 0.936. The lowest BCUT2D eigenvalue weighted by molar-refractivity contribution is -0.155. The normalized spacial score (nSPS) is 13.1. The zero-order valence-corrected chi connectivity index (χ0v) is 87.0. The average Bonchev–Trinajstić information content (AvgIpc) is 1.75. The lowest BCUT2D eigenvalue weighted by Gasteiger charge is -2.26. The van der Waals surface area contributed by atoms with E-state index in [0.29, 0.717) is 52.6 Å². The van der Waals surface area contributed by atoms with E-state index in [9.17, 15) is 33.6 Å². The van der Waals surface area contributed by atoms with Crippen LogP contribution in [-0.4, -0.2) is 173 Å². The molecule has 1 aliphatic rings. The fourth-order valence-corrected chi connectivity index (χ4v) is 18.9. The average molecular weight is 1790 g/mol. The lowest BCUT2D eigenvalue weighted by atomic mass is 9.87. The van der Waals surface area contributed by atoms with Gasteiger partial charge in [0.2, 0.25) is 17.7 Å². The van der Waals surface area contributed by atoms with Gasteiger partial charge in [-0.2, -0.15) is 0 Å². The summed E-state index contributed by atoms with van der Waals surface area (Å²) in [5.74, 6) is 1.80. The summed E-state index contributed by atoms with van der Waals surface area (Å²) in [5, 5.41) is 6.34. The van der Waals surface area contributed by atoms with Gasteiger partial charge in [0.1, 0.15) is 13.1 Å². The molecule has 0 spiro atoms. The first-order chi connectivity index (χ1) is 61.2. The summed E-state index contributed by atoms with van der Waals surface area (Å²) in [6, 6.07) is 0. The number of hydrogen-bond acceptors (Lipinski definition) is 14. The minimum absolute atomic E-state index is 0.0831. The van der Waals surface area contributed by atoms with Crippen LogP contribution in [0.5, 0.6) is 0 Å². The Morgan fingerprint density at radius 3 is 0.709 bits per heavy atom. The molecule has 748 valence electrons. The van der Waals surface area contributed by atoms with Crippen molar-refractivity contribution in [3.8, 4) is 0 Å². The van der Waals surface area contributed by atoms with E-state index in [1.54, 1.807) is 0 Å². The third kappa shape index (κ3) is 66.3. The predicted octanol–water partition coefficient (Wildman–Crippen LogP) is 28.1. The Bertz CT molecular complexity index is 2310. The number of hydrogen-bond donors (Lipinski definition) is 2. The van der Waals surface area contributed by atoms with Crippen LogP contribution in [-0.2, 0) is 52.5 Å². The molecule has 1 rings (SSSR count). The van der Waals surface area contributed by atoms with Gasteiger partial charge in [0.25, 0.3) is 0 Å². The molecule has 0 bridgehead atoms. The van der Waals surface area contributed by atoms with Crippen LogP contribution in [0.1, 0.15) is 509 Å². The largest absolute Gasteiger partial charge is 0.465 e. The Morgan fingerprint density at radius 2 is 0.488 bits per heavy atom. The van der Waals surface area contributed by atoms with Gasteiger partial charge in [0.05, 0.1) is 54.6 Å². The number of amides is 3. The van der Waals surface area contributed by atoms with Crippen LogP contribution in [0.15, 0.2) is 0 Å². The van der Waals surface area contributed by atoms with E-state index >= 15 is 0 Å². The lowest BCUT2D eigenvalue weighted by Crippen LogP contribution is -2.50. The summed E-state index contributed by atoms with van der Waals surface area (Å²) >= 11 is 0. The number of ether oxygens (including phenoxy) is 4. The molecule has 0 unspecified atom stereocenters. The number of likely N-dealkylation sites (tertiary alicyclic amines) is 1. The molecular formula is C110H212N6O11. The molecule has 0 aromatic rings. The summed E-state index contributed by atoms with van der Waals surface area (Å²) in [5.41, 5.74) is -2.15. The summed E-state index contributed by atoms with van der Waals surface area (Å²) in [4.78, 5) is 105. The topological polar surface area (TPSA) is 193 Å². The van der Waals surface area contributed by atoms with E-state index < -0.39 is 21.7 Å². The minimum Gasteiger partial charge on any atom is -0.465 e. The quantitative estimate of drug-likeness (QED) is 0.0332. The Kier molecular flexibility index (Phi) is 75.9. The number of carbonyl (C=O) groups excluding carboxylic acids is 7. The van der Waals surface area contributed by atoms with Gasteiger partial charge < -0.3 is 44.3 Å². The smallest absolute Gasteiger partial charge is 0.311 e. The molecular weight excluding hydrogens is 1580 g/mol. The highest BCUT2D eigenvalue weighted by Gasteiger charge is 2.33. The number of unbranched alkanes of at least 4 members (excludes halogenated alkanes) is 28. The molecule has 0 aromatic heterocycles. The first-order valence-corrected chi connectivity index (χ1v) is 54.8. The highest BCUT2D eigenvalue weighted by molar-refractivity contribution is 5.90. The van der Waals surface area contributed by atoms with Gasteiger partial charge in [-0.3, -0.25) is 38.5 Å². The maximum absolute atomic E-state index is 14.2. The molecule has 1 fully saturated rings. The van der Waals surface area contributed by atoms with Crippen molar-refractivity contribution in [3.63, 3.8) is 0 Å². The van der Waals surface area contributed by atoms with Gasteiger partial charge >= 0.3 is 23.9 Å². The highest BCUT2D eigenvalue weighted by Crippen LogP contribution is 2.33. The predicted molar refractivity (Wildman–Crippen MR) is 536 cm³/mol. The first-order valence-electron chi connectivity index (χ1n) is 54.8. The highest BCUT2D eigenvalue weighted by atomic mass is 16.5. The summed E-state index contributed by atoms with van der Waals surface area (Å²) in [6.07, 6.45) is 70.3. The number of esters is 4. The van der Waals surface area contributed by atoms with Crippen LogP contribution in [0.3, 0.4) is 0 Å². The zero-order valence-electron chi connectivity index (χ0n) is 87.0. The molecule has 1 aliphatic heterocycles. The van der Waals surface area contributed by atoms with Gasteiger partial charge in [-0.15, -0.1) is 0 Å². The molecule has 0 saturated carbocycles. The number of nitrogens with zero attached hydrogens (tertiary/aromatic N) is 4. The van der Waals surface area contributed by atoms with E-state index in [1.807, 2.05) is 55.4 Å². The zero-order chi connectivity index (χ0) is 93.8. The third-order valence-corrected chi connectivity index (χ3v) is 28.1. The standard InChI is InChI=1S/C110H212N6O11/c1-17-25-41-63-96(64-42-26-18-2)71-59-89-124-103(120)107(9,10)75-49-33-37-53-81-113(82-54-38-34-50-76-108(11,12)104(121)125-90-60-72-97(65-43-27-19-3)66-44-28-20-4)87-79-111-100(117)93-116(102(119)95-115-85-57-58-86-115)94-101(118)112-80-88-114(83-55-39-35-51-77-109(13,14)105(122)126-91-61-73-98(67-45-29-21-5)68-46-30-22-6)84-56-40-36-52-78-110(15,16)106(123)127-92-62-74-99(69-47-31-23-7)70-48-32-24-8/h96-99H,17-95H2,1-16H3,(H,111,117)(H,112,118). The van der Waals surface area contributed by atoms with Crippen molar-refractivity contribution in [2.24, 2.45) is 45.3 Å². The Balaban J connectivity index is 3.19. The van der Waals surface area contributed by atoms with Crippen LogP contribution in [0.25, 0.3) is 0 Å². The molecule has 2 N–H and O–H groups in total. The molecule has 127 heavy (non-hydrogen) atoms.